The Morgan fingerprint density at radius 2 is 1.76 bits per heavy atom. The van der Waals surface area contributed by atoms with E-state index in [1.807, 2.05) is 30.3 Å². The average Bonchev–Trinajstić information content (AvgIpc) is 2.48. The van der Waals surface area contributed by atoms with Gasteiger partial charge in [0.25, 0.3) is 0 Å². The zero-order valence-corrected chi connectivity index (χ0v) is 12.0. The molecule has 0 spiro atoms. The number of nitrogens with two attached hydrogens (primary N) is 1. The predicted molar refractivity (Wildman–Crippen MR) is 86.4 cm³/mol. The van der Waals surface area contributed by atoms with E-state index in [2.05, 4.69) is 22.4 Å². The van der Waals surface area contributed by atoms with Crippen LogP contribution < -0.4 is 11.1 Å². The number of hydrogen-bond acceptors (Lipinski definition) is 2. The molecule has 0 aliphatic heterocycles. The molecule has 0 aliphatic rings. The maximum absolute atomic E-state index is 9.38. The van der Waals surface area contributed by atoms with E-state index >= 15 is 0 Å². The lowest BCUT2D eigenvalue weighted by atomic mass is 10.1. The Balaban J connectivity index is 1.69. The fourth-order valence-corrected chi connectivity index (χ4v) is 2.05. The highest BCUT2D eigenvalue weighted by molar-refractivity contribution is 5.77. The van der Waals surface area contributed by atoms with Crippen molar-refractivity contribution in [3.8, 4) is 5.75 Å². The molecule has 0 unspecified atom stereocenters. The van der Waals surface area contributed by atoms with Crippen molar-refractivity contribution >= 4 is 5.96 Å². The molecule has 0 atom stereocenters. The van der Waals surface area contributed by atoms with Crippen molar-refractivity contribution in [3.05, 3.63) is 65.7 Å². The molecule has 0 aliphatic carbocycles. The second kappa shape index (κ2) is 7.94. The summed E-state index contributed by atoms with van der Waals surface area (Å²) < 4.78 is 0. The molecule has 0 bridgehead atoms. The Labute approximate surface area is 125 Å². The SMILES string of the molecule is NC(=NCCc1ccccc1)NCCc1cccc(O)c1. The molecule has 2 aromatic carbocycles. The lowest BCUT2D eigenvalue weighted by molar-refractivity contribution is 0.474. The first-order valence-electron chi connectivity index (χ1n) is 7.09. The summed E-state index contributed by atoms with van der Waals surface area (Å²) in [6.45, 7) is 1.37. The van der Waals surface area contributed by atoms with Crippen LogP contribution >= 0.6 is 0 Å². The largest absolute Gasteiger partial charge is 0.508 e. The van der Waals surface area contributed by atoms with Gasteiger partial charge in [0.15, 0.2) is 5.96 Å². The number of phenolic OH excluding ortho intramolecular Hbond substituents is 1. The molecule has 2 rings (SSSR count). The Morgan fingerprint density at radius 1 is 1.00 bits per heavy atom. The molecule has 0 fully saturated rings. The minimum Gasteiger partial charge on any atom is -0.508 e. The third-order valence-electron chi connectivity index (χ3n) is 3.16. The maximum atomic E-state index is 9.38. The van der Waals surface area contributed by atoms with Crippen molar-refractivity contribution in [2.75, 3.05) is 13.1 Å². The summed E-state index contributed by atoms with van der Waals surface area (Å²) in [5.74, 6) is 0.753. The second-order valence-corrected chi connectivity index (χ2v) is 4.85. The summed E-state index contributed by atoms with van der Waals surface area (Å²) in [5, 5.41) is 12.5. The van der Waals surface area contributed by atoms with Crippen LogP contribution in [0.3, 0.4) is 0 Å². The van der Waals surface area contributed by atoms with E-state index in [0.29, 0.717) is 19.0 Å². The monoisotopic (exact) mass is 283 g/mol. The van der Waals surface area contributed by atoms with E-state index < -0.39 is 0 Å². The van der Waals surface area contributed by atoms with Gasteiger partial charge in [-0.3, -0.25) is 4.99 Å². The van der Waals surface area contributed by atoms with Crippen molar-refractivity contribution in [2.45, 2.75) is 12.8 Å². The predicted octanol–water partition coefficient (Wildman–Crippen LogP) is 2.08. The van der Waals surface area contributed by atoms with Crippen molar-refractivity contribution in [1.29, 1.82) is 0 Å². The van der Waals surface area contributed by atoms with Gasteiger partial charge in [0.1, 0.15) is 5.75 Å². The summed E-state index contributed by atoms with van der Waals surface area (Å²) in [6.07, 6.45) is 1.68. The number of benzene rings is 2. The van der Waals surface area contributed by atoms with Crippen LogP contribution in [0.15, 0.2) is 59.6 Å². The van der Waals surface area contributed by atoms with Gasteiger partial charge in [-0.05, 0) is 36.1 Å². The van der Waals surface area contributed by atoms with Crippen molar-refractivity contribution in [3.63, 3.8) is 0 Å². The highest BCUT2D eigenvalue weighted by atomic mass is 16.3. The van der Waals surface area contributed by atoms with Crippen LogP contribution in [0.1, 0.15) is 11.1 Å². The van der Waals surface area contributed by atoms with Gasteiger partial charge in [0, 0.05) is 13.1 Å². The third kappa shape index (κ3) is 5.57. The number of aliphatic imine (C=N–C) groups is 1. The molecule has 0 aromatic heterocycles. The molecular weight excluding hydrogens is 262 g/mol. The van der Waals surface area contributed by atoms with Gasteiger partial charge in [-0.2, -0.15) is 0 Å². The zero-order chi connectivity index (χ0) is 14.9. The number of hydrogen-bond donors (Lipinski definition) is 3. The van der Waals surface area contributed by atoms with E-state index in [-0.39, 0.29) is 5.75 Å². The number of rotatable bonds is 6. The van der Waals surface area contributed by atoms with Crippen LogP contribution in [0.4, 0.5) is 0 Å². The molecule has 2 aromatic rings. The smallest absolute Gasteiger partial charge is 0.188 e. The van der Waals surface area contributed by atoms with Gasteiger partial charge in [0.05, 0.1) is 0 Å². The van der Waals surface area contributed by atoms with E-state index in [1.165, 1.54) is 5.56 Å². The number of nitrogens with one attached hydrogen (secondary N) is 1. The minimum atomic E-state index is 0.289. The van der Waals surface area contributed by atoms with E-state index in [0.717, 1.165) is 18.4 Å². The summed E-state index contributed by atoms with van der Waals surface area (Å²) in [5.41, 5.74) is 8.15. The molecule has 4 nitrogen and oxygen atoms in total. The fourth-order valence-electron chi connectivity index (χ4n) is 2.05. The number of aromatic hydroxyl groups is 1. The van der Waals surface area contributed by atoms with Gasteiger partial charge < -0.3 is 16.2 Å². The van der Waals surface area contributed by atoms with Crippen LogP contribution in [0.25, 0.3) is 0 Å². The highest BCUT2D eigenvalue weighted by Crippen LogP contribution is 2.10. The molecule has 4 heteroatoms. The number of nitrogens with zero attached hydrogens (tertiary/aromatic N) is 1. The van der Waals surface area contributed by atoms with Crippen molar-refractivity contribution < 1.29 is 5.11 Å². The lowest BCUT2D eigenvalue weighted by Crippen LogP contribution is -2.33. The Kier molecular flexibility index (Phi) is 5.64. The standard InChI is InChI=1S/C17H21N3O/c18-17(19-11-9-14-5-2-1-3-6-14)20-12-10-15-7-4-8-16(21)13-15/h1-8,13,21H,9-12H2,(H3,18,19,20). The summed E-state index contributed by atoms with van der Waals surface area (Å²) in [7, 11) is 0. The number of phenols is 1. The van der Waals surface area contributed by atoms with E-state index in [9.17, 15) is 5.11 Å². The quantitative estimate of drug-likeness (QED) is 0.561. The Bertz CT molecular complexity index is 582. The highest BCUT2D eigenvalue weighted by Gasteiger charge is 1.96. The maximum Gasteiger partial charge on any atom is 0.188 e. The normalized spacial score (nSPS) is 11.3. The first-order valence-corrected chi connectivity index (χ1v) is 7.09. The van der Waals surface area contributed by atoms with Crippen molar-refractivity contribution in [2.24, 2.45) is 10.7 Å². The van der Waals surface area contributed by atoms with Gasteiger partial charge in [0.2, 0.25) is 0 Å². The van der Waals surface area contributed by atoms with Crippen LogP contribution in [-0.2, 0) is 12.8 Å². The summed E-state index contributed by atoms with van der Waals surface area (Å²) in [6, 6.07) is 17.4. The molecule has 0 radical (unpaired) electrons. The Hall–Kier alpha value is -2.49. The average molecular weight is 283 g/mol. The second-order valence-electron chi connectivity index (χ2n) is 4.85. The first kappa shape index (κ1) is 14.9. The van der Waals surface area contributed by atoms with Crippen LogP contribution in [0.5, 0.6) is 5.75 Å². The van der Waals surface area contributed by atoms with E-state index in [4.69, 9.17) is 5.73 Å². The molecule has 0 saturated carbocycles. The molecule has 0 heterocycles. The van der Waals surface area contributed by atoms with Gasteiger partial charge in [-0.25, -0.2) is 0 Å². The van der Waals surface area contributed by atoms with Gasteiger partial charge in [-0.15, -0.1) is 0 Å². The molecule has 4 N–H and O–H groups in total. The molecule has 110 valence electrons. The summed E-state index contributed by atoms with van der Waals surface area (Å²) >= 11 is 0. The first-order chi connectivity index (χ1) is 10.2. The molecule has 21 heavy (non-hydrogen) atoms. The topological polar surface area (TPSA) is 70.6 Å². The molecule has 0 amide bonds. The zero-order valence-electron chi connectivity index (χ0n) is 12.0. The summed E-state index contributed by atoms with van der Waals surface area (Å²) in [4.78, 5) is 4.30. The lowest BCUT2D eigenvalue weighted by Gasteiger charge is -2.06. The van der Waals surface area contributed by atoms with Crippen LogP contribution in [0, 0.1) is 0 Å². The van der Waals surface area contributed by atoms with E-state index in [1.54, 1.807) is 12.1 Å². The fraction of sp³-hybridized carbons (Fsp3) is 0.235. The van der Waals surface area contributed by atoms with Gasteiger partial charge in [-0.1, -0.05) is 42.5 Å². The third-order valence-corrected chi connectivity index (χ3v) is 3.16. The minimum absolute atomic E-state index is 0.289. The number of guanidine groups is 1. The van der Waals surface area contributed by atoms with Gasteiger partial charge >= 0.3 is 0 Å². The Morgan fingerprint density at radius 3 is 2.52 bits per heavy atom. The molecule has 0 saturated heterocycles. The van der Waals surface area contributed by atoms with Crippen LogP contribution in [0.2, 0.25) is 0 Å². The van der Waals surface area contributed by atoms with Crippen LogP contribution in [-0.4, -0.2) is 24.2 Å². The molecular formula is C17H21N3O. The van der Waals surface area contributed by atoms with Crippen molar-refractivity contribution in [1.82, 2.24) is 5.32 Å².